The fourth-order valence-corrected chi connectivity index (χ4v) is 1.94. The van der Waals surface area contributed by atoms with Gasteiger partial charge in [0.2, 0.25) is 0 Å². The Kier molecular flexibility index (Phi) is 3.95. The van der Waals surface area contributed by atoms with E-state index in [2.05, 4.69) is 5.32 Å². The Morgan fingerprint density at radius 1 is 1.25 bits per heavy atom. The van der Waals surface area contributed by atoms with Gasteiger partial charge in [0, 0.05) is 5.56 Å². The second kappa shape index (κ2) is 5.51. The van der Waals surface area contributed by atoms with Gasteiger partial charge in [0.05, 0.1) is 16.4 Å². The highest BCUT2D eigenvalue weighted by atomic mass is 35.5. The number of nitrogens with one attached hydrogen (secondary N) is 1. The first-order valence-electron chi connectivity index (χ1n) is 6.02. The number of carbonyl (C=O) groups excluding carboxylic acids is 1. The van der Waals surface area contributed by atoms with Crippen LogP contribution in [0.2, 0.25) is 5.02 Å². The molecule has 2 rings (SSSR count). The van der Waals surface area contributed by atoms with Crippen LogP contribution in [0.5, 0.6) is 0 Å². The molecule has 0 heterocycles. The van der Waals surface area contributed by atoms with Gasteiger partial charge in [-0.3, -0.25) is 4.79 Å². The zero-order valence-corrected chi connectivity index (χ0v) is 11.9. The quantitative estimate of drug-likeness (QED) is 0.824. The van der Waals surface area contributed by atoms with Crippen molar-refractivity contribution in [3.05, 3.63) is 57.9 Å². The minimum Gasteiger partial charge on any atom is -0.397 e. The number of benzene rings is 2. The molecule has 0 fully saturated rings. The van der Waals surface area contributed by atoms with Gasteiger partial charge in [-0.25, -0.2) is 4.39 Å². The molecule has 0 bridgehead atoms. The predicted octanol–water partition coefficient (Wildman–Crippen LogP) is 3.93. The van der Waals surface area contributed by atoms with Gasteiger partial charge in [-0.05, 0) is 49.2 Å². The monoisotopic (exact) mass is 292 g/mol. The number of anilines is 2. The number of aryl methyl sites for hydroxylation is 1. The lowest BCUT2D eigenvalue weighted by Crippen LogP contribution is -2.15. The molecule has 0 aliphatic carbocycles. The van der Waals surface area contributed by atoms with Crippen molar-refractivity contribution in [3.8, 4) is 0 Å². The average Bonchev–Trinajstić information content (AvgIpc) is 2.42. The summed E-state index contributed by atoms with van der Waals surface area (Å²) < 4.78 is 13.4. The maximum Gasteiger partial charge on any atom is 0.255 e. The summed E-state index contributed by atoms with van der Waals surface area (Å²) in [6, 6.07) is 7.50. The van der Waals surface area contributed by atoms with Crippen LogP contribution in [0.3, 0.4) is 0 Å². The zero-order valence-electron chi connectivity index (χ0n) is 11.1. The predicted molar refractivity (Wildman–Crippen MR) is 79.7 cm³/mol. The summed E-state index contributed by atoms with van der Waals surface area (Å²) in [5, 5.41) is 2.69. The lowest BCUT2D eigenvalue weighted by molar-refractivity contribution is 0.102. The van der Waals surface area contributed by atoms with E-state index < -0.39 is 11.7 Å². The summed E-state index contributed by atoms with van der Waals surface area (Å²) in [6.07, 6.45) is 0. The summed E-state index contributed by atoms with van der Waals surface area (Å²) >= 11 is 5.59. The number of hydrogen-bond donors (Lipinski definition) is 2. The van der Waals surface area contributed by atoms with E-state index in [9.17, 15) is 9.18 Å². The highest BCUT2D eigenvalue weighted by Gasteiger charge is 2.13. The molecule has 104 valence electrons. The van der Waals surface area contributed by atoms with Gasteiger partial charge in [0.15, 0.2) is 0 Å². The standard InChI is InChI=1S/C15H14ClFN2O/c1-8-3-6-13(18)14(9(8)2)19-15(20)10-4-5-11(16)12(17)7-10/h3-7H,18H2,1-2H3,(H,19,20). The number of hydrogen-bond acceptors (Lipinski definition) is 2. The molecular formula is C15H14ClFN2O. The van der Waals surface area contributed by atoms with Crippen LogP contribution in [0.1, 0.15) is 21.5 Å². The van der Waals surface area contributed by atoms with E-state index in [0.717, 1.165) is 17.2 Å². The van der Waals surface area contributed by atoms with Gasteiger partial charge >= 0.3 is 0 Å². The molecular weight excluding hydrogens is 279 g/mol. The van der Waals surface area contributed by atoms with E-state index in [1.165, 1.54) is 12.1 Å². The van der Waals surface area contributed by atoms with Crippen LogP contribution in [0, 0.1) is 19.7 Å². The van der Waals surface area contributed by atoms with Crippen molar-refractivity contribution in [3.63, 3.8) is 0 Å². The first kappa shape index (κ1) is 14.3. The van der Waals surface area contributed by atoms with Crippen molar-refractivity contribution in [2.24, 2.45) is 0 Å². The van der Waals surface area contributed by atoms with Crippen LogP contribution in [-0.2, 0) is 0 Å². The molecule has 0 aliphatic heterocycles. The van der Waals surface area contributed by atoms with Crippen molar-refractivity contribution < 1.29 is 9.18 Å². The van der Waals surface area contributed by atoms with E-state index in [-0.39, 0.29) is 10.6 Å². The average molecular weight is 293 g/mol. The number of carbonyl (C=O) groups is 1. The summed E-state index contributed by atoms with van der Waals surface area (Å²) in [5.74, 6) is -1.06. The molecule has 3 N–H and O–H groups in total. The van der Waals surface area contributed by atoms with Crippen LogP contribution in [0.15, 0.2) is 30.3 Å². The van der Waals surface area contributed by atoms with Gasteiger partial charge in [0.1, 0.15) is 5.82 Å². The third-order valence-electron chi connectivity index (χ3n) is 3.19. The van der Waals surface area contributed by atoms with Crippen LogP contribution in [0.25, 0.3) is 0 Å². The minimum absolute atomic E-state index is 0.0206. The molecule has 0 spiro atoms. The number of amides is 1. The Morgan fingerprint density at radius 2 is 1.95 bits per heavy atom. The fraction of sp³-hybridized carbons (Fsp3) is 0.133. The topological polar surface area (TPSA) is 55.1 Å². The Morgan fingerprint density at radius 3 is 2.60 bits per heavy atom. The lowest BCUT2D eigenvalue weighted by Gasteiger charge is -2.13. The Labute approximate surface area is 121 Å². The molecule has 3 nitrogen and oxygen atoms in total. The van der Waals surface area contributed by atoms with Crippen molar-refractivity contribution in [1.82, 2.24) is 0 Å². The first-order chi connectivity index (χ1) is 9.40. The Bertz CT molecular complexity index is 686. The maximum absolute atomic E-state index is 13.4. The van der Waals surface area contributed by atoms with Crippen molar-refractivity contribution in [2.75, 3.05) is 11.1 Å². The van der Waals surface area contributed by atoms with Gasteiger partial charge in [0.25, 0.3) is 5.91 Å². The van der Waals surface area contributed by atoms with E-state index in [1.807, 2.05) is 19.9 Å². The normalized spacial score (nSPS) is 10.4. The second-order valence-corrected chi connectivity index (χ2v) is 4.96. The SMILES string of the molecule is Cc1ccc(N)c(NC(=O)c2ccc(Cl)c(F)c2)c1C. The van der Waals surface area contributed by atoms with Gasteiger partial charge in [-0.2, -0.15) is 0 Å². The zero-order chi connectivity index (χ0) is 14.9. The number of halogens is 2. The fourth-order valence-electron chi connectivity index (χ4n) is 1.83. The lowest BCUT2D eigenvalue weighted by atomic mass is 10.1. The van der Waals surface area contributed by atoms with Gasteiger partial charge in [-0.15, -0.1) is 0 Å². The molecule has 2 aromatic carbocycles. The van der Waals surface area contributed by atoms with E-state index in [0.29, 0.717) is 11.4 Å². The number of rotatable bonds is 2. The molecule has 0 saturated heterocycles. The van der Waals surface area contributed by atoms with E-state index in [1.54, 1.807) is 6.07 Å². The van der Waals surface area contributed by atoms with E-state index >= 15 is 0 Å². The number of nitrogen functional groups attached to an aromatic ring is 1. The smallest absolute Gasteiger partial charge is 0.255 e. The first-order valence-corrected chi connectivity index (χ1v) is 6.40. The summed E-state index contributed by atoms with van der Waals surface area (Å²) in [4.78, 5) is 12.1. The largest absolute Gasteiger partial charge is 0.397 e. The van der Waals surface area contributed by atoms with Crippen LogP contribution < -0.4 is 11.1 Å². The number of nitrogens with two attached hydrogens (primary N) is 1. The molecule has 0 unspecified atom stereocenters. The van der Waals surface area contributed by atoms with Gasteiger partial charge in [-0.1, -0.05) is 17.7 Å². The van der Waals surface area contributed by atoms with Crippen molar-refractivity contribution in [2.45, 2.75) is 13.8 Å². The Balaban J connectivity index is 2.32. The van der Waals surface area contributed by atoms with Crippen molar-refractivity contribution in [1.29, 1.82) is 0 Å². The van der Waals surface area contributed by atoms with E-state index in [4.69, 9.17) is 17.3 Å². The van der Waals surface area contributed by atoms with Gasteiger partial charge < -0.3 is 11.1 Å². The molecule has 0 aliphatic rings. The maximum atomic E-state index is 13.4. The Hall–Kier alpha value is -2.07. The summed E-state index contributed by atoms with van der Waals surface area (Å²) in [5.41, 5.74) is 8.96. The highest BCUT2D eigenvalue weighted by Crippen LogP contribution is 2.26. The highest BCUT2D eigenvalue weighted by molar-refractivity contribution is 6.30. The summed E-state index contributed by atoms with van der Waals surface area (Å²) in [7, 11) is 0. The van der Waals surface area contributed by atoms with Crippen LogP contribution >= 0.6 is 11.6 Å². The van der Waals surface area contributed by atoms with Crippen LogP contribution in [0.4, 0.5) is 15.8 Å². The third kappa shape index (κ3) is 2.75. The molecule has 0 atom stereocenters. The molecule has 0 aromatic heterocycles. The molecule has 2 aromatic rings. The summed E-state index contributed by atoms with van der Waals surface area (Å²) in [6.45, 7) is 3.79. The molecule has 0 saturated carbocycles. The third-order valence-corrected chi connectivity index (χ3v) is 3.49. The minimum atomic E-state index is -0.631. The van der Waals surface area contributed by atoms with Crippen molar-refractivity contribution >= 4 is 28.9 Å². The molecule has 0 radical (unpaired) electrons. The van der Waals surface area contributed by atoms with Crippen LogP contribution in [-0.4, -0.2) is 5.91 Å². The second-order valence-electron chi connectivity index (χ2n) is 4.55. The molecule has 1 amide bonds. The molecule has 20 heavy (non-hydrogen) atoms. The molecule has 5 heteroatoms.